The molecule has 0 saturated carbocycles. The van der Waals surface area contributed by atoms with Crippen LogP contribution in [0.25, 0.3) is 22.0 Å². The largest absolute Gasteiger partial charge is 0.361 e. The van der Waals surface area contributed by atoms with Gasteiger partial charge in [0.05, 0.1) is 12.5 Å². The summed E-state index contributed by atoms with van der Waals surface area (Å²) in [6, 6.07) is 13.4. The van der Waals surface area contributed by atoms with E-state index in [1.165, 1.54) is 0 Å². The van der Waals surface area contributed by atoms with Crippen LogP contribution in [0.1, 0.15) is 5.56 Å². The summed E-state index contributed by atoms with van der Waals surface area (Å²) in [5.41, 5.74) is 3.73. The number of rotatable bonds is 6. The normalized spacial score (nSPS) is 12.7. The van der Waals surface area contributed by atoms with Gasteiger partial charge in [-0.15, -0.1) is 0 Å². The number of aromatic nitrogens is 1. The lowest BCUT2D eigenvalue weighted by Crippen LogP contribution is -2.36. The molecule has 1 heterocycles. The second-order valence-electron chi connectivity index (χ2n) is 6.35. The molecule has 0 amide bonds. The first-order valence-corrected chi connectivity index (χ1v) is 12.2. The van der Waals surface area contributed by atoms with E-state index in [0.717, 1.165) is 40.1 Å². The van der Waals surface area contributed by atoms with Crippen molar-refractivity contribution in [3.63, 3.8) is 0 Å². The Morgan fingerprint density at radius 3 is 2.11 bits per heavy atom. The van der Waals surface area contributed by atoms with Crippen molar-refractivity contribution in [2.45, 2.75) is 6.42 Å². The van der Waals surface area contributed by atoms with Crippen molar-refractivity contribution in [1.82, 2.24) is 8.69 Å². The van der Waals surface area contributed by atoms with Crippen LogP contribution < -0.4 is 0 Å². The number of nitrogens with one attached hydrogen (secondary N) is 1. The lowest BCUT2D eigenvalue weighted by molar-refractivity contribution is 0.506. The molecule has 0 bridgehead atoms. The van der Waals surface area contributed by atoms with E-state index >= 15 is 0 Å². The first kappa shape index (κ1) is 19.9. The molecule has 0 aliphatic heterocycles. The molecule has 27 heavy (non-hydrogen) atoms. The Morgan fingerprint density at radius 1 is 0.926 bits per heavy atom. The van der Waals surface area contributed by atoms with E-state index in [1.807, 2.05) is 42.5 Å². The molecule has 0 aliphatic carbocycles. The SMILES string of the molecule is CS(=O)(=O)N(CCc1c[nH]c2ccc(-c3ccc(Cl)cc3)cc12)S(C)(=O)=O. The maximum Gasteiger partial charge on any atom is 0.224 e. The number of H-pyrrole nitrogens is 1. The van der Waals surface area contributed by atoms with Crippen LogP contribution in [0.5, 0.6) is 0 Å². The summed E-state index contributed by atoms with van der Waals surface area (Å²) in [5.74, 6) is 0. The summed E-state index contributed by atoms with van der Waals surface area (Å²) < 4.78 is 47.7. The van der Waals surface area contributed by atoms with Crippen molar-refractivity contribution in [2.24, 2.45) is 0 Å². The van der Waals surface area contributed by atoms with Crippen LogP contribution in [-0.4, -0.2) is 44.6 Å². The number of nitrogens with zero attached hydrogens (tertiary/aromatic N) is 1. The van der Waals surface area contributed by atoms with Gasteiger partial charge in [0.2, 0.25) is 20.0 Å². The molecule has 0 radical (unpaired) electrons. The minimum absolute atomic E-state index is 0.143. The van der Waals surface area contributed by atoms with E-state index in [0.29, 0.717) is 8.73 Å². The fourth-order valence-electron chi connectivity index (χ4n) is 3.00. The number of aromatic amines is 1. The summed E-state index contributed by atoms with van der Waals surface area (Å²) >= 11 is 5.94. The van der Waals surface area contributed by atoms with Gasteiger partial charge >= 0.3 is 0 Å². The van der Waals surface area contributed by atoms with Gasteiger partial charge < -0.3 is 4.98 Å². The van der Waals surface area contributed by atoms with Gasteiger partial charge in [-0.1, -0.05) is 33.5 Å². The van der Waals surface area contributed by atoms with Crippen LogP contribution in [0, 0.1) is 0 Å². The summed E-state index contributed by atoms with van der Waals surface area (Å²) in [6.45, 7) is -0.143. The molecule has 2 aromatic carbocycles. The smallest absolute Gasteiger partial charge is 0.224 e. The minimum atomic E-state index is -3.86. The van der Waals surface area contributed by atoms with Gasteiger partial charge in [0, 0.05) is 28.7 Å². The third kappa shape index (κ3) is 4.52. The predicted octanol–water partition coefficient (Wildman–Crippen LogP) is 3.25. The van der Waals surface area contributed by atoms with Crippen LogP contribution >= 0.6 is 11.6 Å². The van der Waals surface area contributed by atoms with E-state index in [-0.39, 0.29) is 13.0 Å². The summed E-state index contributed by atoms with van der Waals surface area (Å²) in [5, 5.41) is 1.58. The molecule has 1 N–H and O–H groups in total. The van der Waals surface area contributed by atoms with Crippen LogP contribution in [0.4, 0.5) is 0 Å². The highest BCUT2D eigenvalue weighted by molar-refractivity contribution is 8.03. The molecule has 0 spiro atoms. The van der Waals surface area contributed by atoms with Gasteiger partial charge in [-0.25, -0.2) is 16.8 Å². The fourth-order valence-corrected chi connectivity index (χ4v) is 5.94. The average Bonchev–Trinajstić information content (AvgIpc) is 2.95. The van der Waals surface area contributed by atoms with E-state index in [4.69, 9.17) is 11.6 Å². The Hall–Kier alpha value is -1.87. The Balaban J connectivity index is 1.93. The van der Waals surface area contributed by atoms with Gasteiger partial charge in [-0.2, -0.15) is 0 Å². The lowest BCUT2D eigenvalue weighted by Gasteiger charge is -2.17. The molecular formula is C18H19ClN2O4S2. The highest BCUT2D eigenvalue weighted by atomic mass is 35.5. The number of hydrogen-bond acceptors (Lipinski definition) is 4. The second kappa shape index (κ2) is 7.27. The zero-order chi connectivity index (χ0) is 19.8. The topological polar surface area (TPSA) is 87.3 Å². The third-order valence-corrected chi connectivity index (χ3v) is 7.97. The molecule has 0 unspecified atom stereocenters. The van der Waals surface area contributed by atoms with Crippen molar-refractivity contribution >= 4 is 42.6 Å². The highest BCUT2D eigenvalue weighted by Gasteiger charge is 2.26. The number of sulfonamides is 2. The molecule has 144 valence electrons. The zero-order valence-electron chi connectivity index (χ0n) is 14.8. The van der Waals surface area contributed by atoms with Gasteiger partial charge in [-0.05, 0) is 47.4 Å². The monoisotopic (exact) mass is 426 g/mol. The summed E-state index contributed by atoms with van der Waals surface area (Å²) in [4.78, 5) is 3.14. The van der Waals surface area contributed by atoms with Crippen molar-refractivity contribution in [2.75, 3.05) is 19.1 Å². The number of hydrogen-bond donors (Lipinski definition) is 1. The molecule has 0 aliphatic rings. The van der Waals surface area contributed by atoms with Gasteiger partial charge in [0.15, 0.2) is 0 Å². The van der Waals surface area contributed by atoms with Crippen molar-refractivity contribution in [1.29, 1.82) is 0 Å². The van der Waals surface area contributed by atoms with Crippen LogP contribution in [-0.2, 0) is 26.5 Å². The van der Waals surface area contributed by atoms with Crippen LogP contribution in [0.15, 0.2) is 48.7 Å². The Labute approximate surface area is 163 Å². The van der Waals surface area contributed by atoms with E-state index < -0.39 is 20.0 Å². The standard InChI is InChI=1S/C18H19ClN2O4S2/c1-26(22,23)21(27(2,24)25)10-9-15-12-20-18-8-5-14(11-17(15)18)13-3-6-16(19)7-4-13/h3-8,11-12,20H,9-10H2,1-2H3. The molecule has 6 nitrogen and oxygen atoms in total. The summed E-state index contributed by atoms with van der Waals surface area (Å²) in [7, 11) is -7.72. The Bertz CT molecular complexity index is 1150. The molecule has 0 fully saturated rings. The number of benzene rings is 2. The quantitative estimate of drug-likeness (QED) is 0.655. The number of fused-ring (bicyclic) bond motifs is 1. The molecule has 1 aromatic heterocycles. The molecule has 0 atom stereocenters. The zero-order valence-corrected chi connectivity index (χ0v) is 17.2. The van der Waals surface area contributed by atoms with Crippen LogP contribution in [0.3, 0.4) is 0 Å². The second-order valence-corrected chi connectivity index (χ2v) is 10.8. The first-order valence-electron chi connectivity index (χ1n) is 8.09. The molecular weight excluding hydrogens is 408 g/mol. The highest BCUT2D eigenvalue weighted by Crippen LogP contribution is 2.28. The van der Waals surface area contributed by atoms with Crippen molar-refractivity contribution < 1.29 is 16.8 Å². The average molecular weight is 427 g/mol. The van der Waals surface area contributed by atoms with Crippen molar-refractivity contribution in [3.05, 3.63) is 59.2 Å². The van der Waals surface area contributed by atoms with Gasteiger partial charge in [0.25, 0.3) is 0 Å². The number of halogens is 1. The van der Waals surface area contributed by atoms with E-state index in [1.54, 1.807) is 6.20 Å². The van der Waals surface area contributed by atoms with Crippen LogP contribution in [0.2, 0.25) is 5.02 Å². The van der Waals surface area contributed by atoms with Crippen molar-refractivity contribution in [3.8, 4) is 11.1 Å². The molecule has 3 aromatic rings. The lowest BCUT2D eigenvalue weighted by atomic mass is 10.0. The Morgan fingerprint density at radius 2 is 1.52 bits per heavy atom. The van der Waals surface area contributed by atoms with Gasteiger partial charge in [-0.3, -0.25) is 0 Å². The first-order chi connectivity index (χ1) is 12.6. The molecule has 9 heteroatoms. The maximum absolute atomic E-state index is 11.8. The van der Waals surface area contributed by atoms with Gasteiger partial charge in [0.1, 0.15) is 0 Å². The summed E-state index contributed by atoms with van der Waals surface area (Å²) in [6.07, 6.45) is 3.83. The molecule has 3 rings (SSSR count). The van der Waals surface area contributed by atoms with E-state index in [2.05, 4.69) is 4.98 Å². The maximum atomic E-state index is 11.8. The van der Waals surface area contributed by atoms with E-state index in [9.17, 15) is 16.8 Å². The fraction of sp³-hybridized carbons (Fsp3) is 0.222. The predicted molar refractivity (Wildman–Crippen MR) is 109 cm³/mol. The third-order valence-electron chi connectivity index (χ3n) is 4.25. The minimum Gasteiger partial charge on any atom is -0.361 e. The Kier molecular flexibility index (Phi) is 5.36. The molecule has 0 saturated heterocycles.